The standard InChI is InChI=1S/C19H23N5/c1-13-6-8-23(9-7-13)18-17-11-22-24(19(17)21-12-20-18)16-5-4-14(2)15(3)10-16/h4-5,10-13H,6-9H2,1-3H3. The molecular formula is C19H23N5. The van der Waals surface area contributed by atoms with Crippen molar-refractivity contribution in [1.29, 1.82) is 0 Å². The summed E-state index contributed by atoms with van der Waals surface area (Å²) in [7, 11) is 0. The van der Waals surface area contributed by atoms with Gasteiger partial charge in [-0.1, -0.05) is 13.0 Å². The molecule has 5 nitrogen and oxygen atoms in total. The van der Waals surface area contributed by atoms with Crippen molar-refractivity contribution in [2.24, 2.45) is 5.92 Å². The van der Waals surface area contributed by atoms with Crippen LogP contribution < -0.4 is 4.90 Å². The van der Waals surface area contributed by atoms with Crippen LogP contribution in [0, 0.1) is 19.8 Å². The highest BCUT2D eigenvalue weighted by Gasteiger charge is 2.20. The van der Waals surface area contributed by atoms with Crippen molar-refractivity contribution >= 4 is 16.9 Å². The van der Waals surface area contributed by atoms with E-state index in [-0.39, 0.29) is 0 Å². The largest absolute Gasteiger partial charge is 0.356 e. The summed E-state index contributed by atoms with van der Waals surface area (Å²) in [6.07, 6.45) is 6.00. The quantitative estimate of drug-likeness (QED) is 0.722. The highest BCUT2D eigenvalue weighted by molar-refractivity contribution is 5.87. The van der Waals surface area contributed by atoms with E-state index in [1.165, 1.54) is 24.0 Å². The molecule has 0 N–H and O–H groups in total. The summed E-state index contributed by atoms with van der Waals surface area (Å²) < 4.78 is 1.92. The fourth-order valence-corrected chi connectivity index (χ4v) is 3.35. The summed E-state index contributed by atoms with van der Waals surface area (Å²) in [4.78, 5) is 11.4. The maximum atomic E-state index is 4.59. The van der Waals surface area contributed by atoms with E-state index in [4.69, 9.17) is 0 Å². The highest BCUT2D eigenvalue weighted by Crippen LogP contribution is 2.28. The smallest absolute Gasteiger partial charge is 0.168 e. The van der Waals surface area contributed by atoms with Crippen LogP contribution in [0.4, 0.5) is 5.82 Å². The Morgan fingerprint density at radius 3 is 2.58 bits per heavy atom. The molecule has 1 aliphatic rings. The van der Waals surface area contributed by atoms with Gasteiger partial charge in [-0.2, -0.15) is 5.10 Å². The number of rotatable bonds is 2. The molecule has 1 saturated heterocycles. The van der Waals surface area contributed by atoms with E-state index in [1.807, 2.05) is 10.9 Å². The van der Waals surface area contributed by atoms with Gasteiger partial charge in [0.05, 0.1) is 17.3 Å². The van der Waals surface area contributed by atoms with E-state index in [0.717, 1.165) is 41.5 Å². The first-order valence-electron chi connectivity index (χ1n) is 8.65. The van der Waals surface area contributed by atoms with Crippen molar-refractivity contribution in [2.75, 3.05) is 18.0 Å². The number of aromatic nitrogens is 4. The first-order valence-corrected chi connectivity index (χ1v) is 8.65. The maximum Gasteiger partial charge on any atom is 0.168 e. The highest BCUT2D eigenvalue weighted by atomic mass is 15.3. The van der Waals surface area contributed by atoms with Crippen LogP contribution in [0.3, 0.4) is 0 Å². The van der Waals surface area contributed by atoms with E-state index >= 15 is 0 Å². The third-order valence-electron chi connectivity index (χ3n) is 5.16. The van der Waals surface area contributed by atoms with E-state index in [2.05, 4.69) is 58.9 Å². The number of aryl methyl sites for hydroxylation is 2. The molecule has 0 aliphatic carbocycles. The Morgan fingerprint density at radius 2 is 1.83 bits per heavy atom. The number of anilines is 1. The Labute approximate surface area is 142 Å². The molecule has 24 heavy (non-hydrogen) atoms. The topological polar surface area (TPSA) is 46.8 Å². The predicted octanol–water partition coefficient (Wildman–Crippen LogP) is 3.67. The van der Waals surface area contributed by atoms with Crippen LogP contribution in [0.15, 0.2) is 30.7 Å². The molecule has 4 rings (SSSR count). The predicted molar refractivity (Wildman–Crippen MR) is 96.7 cm³/mol. The normalized spacial score (nSPS) is 16.0. The van der Waals surface area contributed by atoms with Crippen LogP contribution in [0.5, 0.6) is 0 Å². The molecule has 3 heterocycles. The molecule has 1 aromatic carbocycles. The summed E-state index contributed by atoms with van der Waals surface area (Å²) in [5, 5.41) is 5.63. The zero-order valence-electron chi connectivity index (χ0n) is 14.5. The fourth-order valence-electron chi connectivity index (χ4n) is 3.35. The van der Waals surface area contributed by atoms with Gasteiger partial charge in [0.1, 0.15) is 12.1 Å². The second-order valence-electron chi connectivity index (χ2n) is 6.93. The molecule has 1 fully saturated rings. The van der Waals surface area contributed by atoms with Crippen molar-refractivity contribution in [2.45, 2.75) is 33.6 Å². The van der Waals surface area contributed by atoms with Gasteiger partial charge >= 0.3 is 0 Å². The van der Waals surface area contributed by atoms with Crippen LogP contribution >= 0.6 is 0 Å². The van der Waals surface area contributed by atoms with E-state index in [9.17, 15) is 0 Å². The molecule has 3 aromatic rings. The molecule has 0 saturated carbocycles. The molecule has 0 spiro atoms. The van der Waals surface area contributed by atoms with Crippen molar-refractivity contribution in [3.63, 3.8) is 0 Å². The Hall–Kier alpha value is -2.43. The lowest BCUT2D eigenvalue weighted by atomic mass is 9.99. The summed E-state index contributed by atoms with van der Waals surface area (Å²) in [6.45, 7) is 8.69. The first kappa shape index (κ1) is 15.1. The average Bonchev–Trinajstić information content (AvgIpc) is 3.02. The summed E-state index contributed by atoms with van der Waals surface area (Å²) in [6, 6.07) is 6.39. The summed E-state index contributed by atoms with van der Waals surface area (Å²) in [5.74, 6) is 1.82. The van der Waals surface area contributed by atoms with E-state index in [0.29, 0.717) is 0 Å². The van der Waals surface area contributed by atoms with E-state index in [1.54, 1.807) is 6.33 Å². The number of hydrogen-bond donors (Lipinski definition) is 0. The van der Waals surface area contributed by atoms with Gasteiger partial charge in [0, 0.05) is 13.1 Å². The van der Waals surface area contributed by atoms with Crippen molar-refractivity contribution < 1.29 is 0 Å². The molecule has 1 aliphatic heterocycles. The van der Waals surface area contributed by atoms with Gasteiger partial charge in [-0.3, -0.25) is 0 Å². The molecular weight excluding hydrogens is 298 g/mol. The van der Waals surface area contributed by atoms with Gasteiger partial charge in [-0.05, 0) is 55.9 Å². The summed E-state index contributed by atoms with van der Waals surface area (Å²) >= 11 is 0. The second kappa shape index (κ2) is 5.89. The molecule has 0 unspecified atom stereocenters. The van der Waals surface area contributed by atoms with Crippen LogP contribution in [0.2, 0.25) is 0 Å². The minimum Gasteiger partial charge on any atom is -0.356 e. The molecule has 0 radical (unpaired) electrons. The van der Waals surface area contributed by atoms with Crippen LogP contribution in [0.25, 0.3) is 16.7 Å². The lowest BCUT2D eigenvalue weighted by molar-refractivity contribution is 0.437. The SMILES string of the molecule is Cc1ccc(-n2ncc3c(N4CCC(C)CC4)ncnc32)cc1C. The number of fused-ring (bicyclic) bond motifs is 1. The Morgan fingerprint density at radius 1 is 1.04 bits per heavy atom. The Kier molecular flexibility index (Phi) is 3.71. The molecule has 0 atom stereocenters. The van der Waals surface area contributed by atoms with E-state index < -0.39 is 0 Å². The zero-order chi connectivity index (χ0) is 16.7. The molecule has 124 valence electrons. The maximum absolute atomic E-state index is 4.59. The van der Waals surface area contributed by atoms with Crippen molar-refractivity contribution in [3.8, 4) is 5.69 Å². The van der Waals surface area contributed by atoms with Crippen LogP contribution in [-0.4, -0.2) is 32.8 Å². The minimum atomic E-state index is 0.803. The third-order valence-corrected chi connectivity index (χ3v) is 5.16. The van der Waals surface area contributed by atoms with Gasteiger partial charge in [0.2, 0.25) is 0 Å². The molecule has 2 aromatic heterocycles. The Balaban J connectivity index is 1.77. The summed E-state index contributed by atoms with van der Waals surface area (Å²) in [5.41, 5.74) is 4.47. The second-order valence-corrected chi connectivity index (χ2v) is 6.93. The molecule has 0 amide bonds. The lowest BCUT2D eigenvalue weighted by Gasteiger charge is -2.31. The number of hydrogen-bond acceptors (Lipinski definition) is 4. The fraction of sp³-hybridized carbons (Fsp3) is 0.421. The molecule has 0 bridgehead atoms. The van der Waals surface area contributed by atoms with Gasteiger partial charge in [-0.15, -0.1) is 0 Å². The van der Waals surface area contributed by atoms with Gasteiger partial charge < -0.3 is 4.90 Å². The van der Waals surface area contributed by atoms with Crippen molar-refractivity contribution in [1.82, 2.24) is 19.7 Å². The Bertz CT molecular complexity index is 875. The zero-order valence-corrected chi connectivity index (χ0v) is 14.5. The number of piperidine rings is 1. The monoisotopic (exact) mass is 321 g/mol. The van der Waals surface area contributed by atoms with Gasteiger partial charge in [-0.25, -0.2) is 14.6 Å². The molecule has 5 heteroatoms. The van der Waals surface area contributed by atoms with Crippen molar-refractivity contribution in [3.05, 3.63) is 41.9 Å². The lowest BCUT2D eigenvalue weighted by Crippen LogP contribution is -2.33. The van der Waals surface area contributed by atoms with Crippen LogP contribution in [0.1, 0.15) is 30.9 Å². The average molecular weight is 321 g/mol. The van der Waals surface area contributed by atoms with Crippen LogP contribution in [-0.2, 0) is 0 Å². The number of benzene rings is 1. The number of nitrogens with zero attached hydrogens (tertiary/aromatic N) is 5. The minimum absolute atomic E-state index is 0.803. The van der Waals surface area contributed by atoms with Gasteiger partial charge in [0.15, 0.2) is 5.65 Å². The van der Waals surface area contributed by atoms with Gasteiger partial charge in [0.25, 0.3) is 0 Å². The third kappa shape index (κ3) is 2.54. The first-order chi connectivity index (χ1) is 11.6.